The molecule has 2 N–H and O–H groups in total. The first-order valence-electron chi connectivity index (χ1n) is 6.34. The molecule has 18 heavy (non-hydrogen) atoms. The SMILES string of the molecule is CC.CC.Oc1ccc(-c2ccc(O)cc2)cc1. The zero-order valence-corrected chi connectivity index (χ0v) is 11.5. The van der Waals surface area contributed by atoms with Gasteiger partial charge in [0.05, 0.1) is 0 Å². The number of phenolic OH excluding ortho intramolecular Hbond substituents is 2. The van der Waals surface area contributed by atoms with Crippen LogP contribution in [0.1, 0.15) is 27.7 Å². The van der Waals surface area contributed by atoms with E-state index < -0.39 is 0 Å². The van der Waals surface area contributed by atoms with Gasteiger partial charge in [-0.15, -0.1) is 0 Å². The molecule has 2 rings (SSSR count). The van der Waals surface area contributed by atoms with Gasteiger partial charge in [-0.05, 0) is 35.4 Å². The first-order chi connectivity index (χ1) is 8.75. The van der Waals surface area contributed by atoms with Crippen LogP contribution in [0.3, 0.4) is 0 Å². The zero-order chi connectivity index (χ0) is 14.0. The summed E-state index contributed by atoms with van der Waals surface area (Å²) >= 11 is 0. The Balaban J connectivity index is 0.000000659. The molecule has 0 aromatic heterocycles. The molecule has 0 spiro atoms. The Hall–Kier alpha value is -1.96. The summed E-state index contributed by atoms with van der Waals surface area (Å²) in [4.78, 5) is 0. The van der Waals surface area contributed by atoms with Crippen molar-refractivity contribution in [3.8, 4) is 22.6 Å². The molecule has 98 valence electrons. The topological polar surface area (TPSA) is 40.5 Å². The Morgan fingerprint density at radius 3 is 0.944 bits per heavy atom. The minimum Gasteiger partial charge on any atom is -0.508 e. The molecule has 2 nitrogen and oxygen atoms in total. The first-order valence-corrected chi connectivity index (χ1v) is 6.34. The maximum absolute atomic E-state index is 9.11. The summed E-state index contributed by atoms with van der Waals surface area (Å²) in [7, 11) is 0. The van der Waals surface area contributed by atoms with Crippen LogP contribution >= 0.6 is 0 Å². The summed E-state index contributed by atoms with van der Waals surface area (Å²) in [6, 6.07) is 13.9. The minimum atomic E-state index is 0.257. The average Bonchev–Trinajstić information content (AvgIpc) is 2.45. The van der Waals surface area contributed by atoms with Gasteiger partial charge in [0, 0.05) is 0 Å². The number of hydrogen-bond acceptors (Lipinski definition) is 2. The lowest BCUT2D eigenvalue weighted by atomic mass is 10.1. The smallest absolute Gasteiger partial charge is 0.115 e. The Morgan fingerprint density at radius 2 is 0.722 bits per heavy atom. The van der Waals surface area contributed by atoms with Crippen LogP contribution in [-0.4, -0.2) is 10.2 Å². The van der Waals surface area contributed by atoms with Gasteiger partial charge in [-0.1, -0.05) is 52.0 Å². The van der Waals surface area contributed by atoms with Crippen molar-refractivity contribution in [3.63, 3.8) is 0 Å². The second-order valence-corrected chi connectivity index (χ2v) is 3.09. The molecule has 2 heteroatoms. The highest BCUT2D eigenvalue weighted by atomic mass is 16.3. The largest absolute Gasteiger partial charge is 0.508 e. The summed E-state index contributed by atoms with van der Waals surface area (Å²) in [6.45, 7) is 8.00. The van der Waals surface area contributed by atoms with Gasteiger partial charge >= 0.3 is 0 Å². The van der Waals surface area contributed by atoms with Gasteiger partial charge in [-0.25, -0.2) is 0 Å². The molecule has 0 heterocycles. The highest BCUT2D eigenvalue weighted by Crippen LogP contribution is 2.23. The number of aromatic hydroxyl groups is 2. The highest BCUT2D eigenvalue weighted by molar-refractivity contribution is 5.64. The van der Waals surface area contributed by atoms with E-state index >= 15 is 0 Å². The second-order valence-electron chi connectivity index (χ2n) is 3.09. The quantitative estimate of drug-likeness (QED) is 0.757. The van der Waals surface area contributed by atoms with E-state index in [-0.39, 0.29) is 11.5 Å². The van der Waals surface area contributed by atoms with Crippen LogP contribution in [0, 0.1) is 0 Å². The maximum atomic E-state index is 9.11. The number of phenols is 2. The van der Waals surface area contributed by atoms with Crippen molar-refractivity contribution in [3.05, 3.63) is 48.5 Å². The van der Waals surface area contributed by atoms with Crippen molar-refractivity contribution in [2.45, 2.75) is 27.7 Å². The fraction of sp³-hybridized carbons (Fsp3) is 0.250. The molecule has 0 saturated carbocycles. The average molecular weight is 246 g/mol. The van der Waals surface area contributed by atoms with E-state index in [1.54, 1.807) is 24.3 Å². The molecule has 0 aliphatic heterocycles. The van der Waals surface area contributed by atoms with Crippen LogP contribution in [0.2, 0.25) is 0 Å². The van der Waals surface area contributed by atoms with E-state index in [4.69, 9.17) is 10.2 Å². The molecule has 0 radical (unpaired) electrons. The van der Waals surface area contributed by atoms with Gasteiger partial charge in [0.1, 0.15) is 11.5 Å². The van der Waals surface area contributed by atoms with Crippen molar-refractivity contribution in [2.24, 2.45) is 0 Å². The lowest BCUT2D eigenvalue weighted by Crippen LogP contribution is -1.75. The predicted octanol–water partition coefficient (Wildman–Crippen LogP) is 4.82. The van der Waals surface area contributed by atoms with E-state index in [2.05, 4.69) is 0 Å². The summed E-state index contributed by atoms with van der Waals surface area (Å²) < 4.78 is 0. The van der Waals surface area contributed by atoms with Crippen LogP contribution in [-0.2, 0) is 0 Å². The molecule has 0 unspecified atom stereocenters. The zero-order valence-electron chi connectivity index (χ0n) is 11.5. The fourth-order valence-corrected chi connectivity index (χ4v) is 1.31. The Morgan fingerprint density at radius 1 is 0.500 bits per heavy atom. The highest BCUT2D eigenvalue weighted by Gasteiger charge is 1.96. The monoisotopic (exact) mass is 246 g/mol. The van der Waals surface area contributed by atoms with Crippen LogP contribution in [0.25, 0.3) is 11.1 Å². The third-order valence-electron chi connectivity index (χ3n) is 2.07. The lowest BCUT2D eigenvalue weighted by Gasteiger charge is -2.01. The molecule has 0 aliphatic carbocycles. The van der Waals surface area contributed by atoms with Gasteiger partial charge in [0.25, 0.3) is 0 Å². The van der Waals surface area contributed by atoms with Gasteiger partial charge in [-0.3, -0.25) is 0 Å². The molecule has 0 aliphatic rings. The van der Waals surface area contributed by atoms with Gasteiger partial charge in [-0.2, -0.15) is 0 Å². The van der Waals surface area contributed by atoms with Gasteiger partial charge < -0.3 is 10.2 Å². The molecule has 2 aromatic rings. The van der Waals surface area contributed by atoms with Crippen molar-refractivity contribution in [1.29, 1.82) is 0 Å². The van der Waals surface area contributed by atoms with E-state index in [1.807, 2.05) is 52.0 Å². The Labute approximate surface area is 110 Å². The predicted molar refractivity (Wildman–Crippen MR) is 77.9 cm³/mol. The van der Waals surface area contributed by atoms with E-state index in [0.29, 0.717) is 0 Å². The van der Waals surface area contributed by atoms with Crippen LogP contribution < -0.4 is 0 Å². The third-order valence-corrected chi connectivity index (χ3v) is 2.07. The molecule has 0 bridgehead atoms. The van der Waals surface area contributed by atoms with E-state index in [1.165, 1.54) is 0 Å². The Bertz CT molecular complexity index is 372. The Kier molecular flexibility index (Phi) is 8.12. The summed E-state index contributed by atoms with van der Waals surface area (Å²) in [5, 5.41) is 18.2. The van der Waals surface area contributed by atoms with Gasteiger partial charge in [0.15, 0.2) is 0 Å². The van der Waals surface area contributed by atoms with Gasteiger partial charge in [0.2, 0.25) is 0 Å². The first kappa shape index (κ1) is 16.0. The third kappa shape index (κ3) is 4.91. The maximum Gasteiger partial charge on any atom is 0.115 e. The van der Waals surface area contributed by atoms with Crippen molar-refractivity contribution < 1.29 is 10.2 Å². The lowest BCUT2D eigenvalue weighted by molar-refractivity contribution is 0.474. The van der Waals surface area contributed by atoms with E-state index in [0.717, 1.165) is 11.1 Å². The molecule has 0 atom stereocenters. The molecule has 0 saturated heterocycles. The molecule has 0 amide bonds. The summed E-state index contributed by atoms with van der Waals surface area (Å²) in [6.07, 6.45) is 0. The minimum absolute atomic E-state index is 0.257. The summed E-state index contributed by atoms with van der Waals surface area (Å²) in [5.74, 6) is 0.514. The molecule has 0 fully saturated rings. The van der Waals surface area contributed by atoms with E-state index in [9.17, 15) is 0 Å². The van der Waals surface area contributed by atoms with Crippen molar-refractivity contribution in [1.82, 2.24) is 0 Å². The number of benzene rings is 2. The standard InChI is InChI=1S/C12H10O2.2C2H6/c13-11-5-1-9(2-6-11)10-3-7-12(14)8-4-10;2*1-2/h1-8,13-14H;2*1-2H3. The molecular formula is C16H22O2. The summed E-state index contributed by atoms with van der Waals surface area (Å²) in [5.41, 5.74) is 2.03. The molecular weight excluding hydrogens is 224 g/mol. The fourth-order valence-electron chi connectivity index (χ4n) is 1.31. The van der Waals surface area contributed by atoms with Crippen molar-refractivity contribution in [2.75, 3.05) is 0 Å². The molecule has 2 aromatic carbocycles. The second kappa shape index (κ2) is 9.11. The van der Waals surface area contributed by atoms with Crippen molar-refractivity contribution >= 4 is 0 Å². The van der Waals surface area contributed by atoms with Crippen LogP contribution in [0.15, 0.2) is 48.5 Å². The normalized spacial score (nSPS) is 8.44. The van der Waals surface area contributed by atoms with Crippen LogP contribution in [0.4, 0.5) is 0 Å². The number of hydrogen-bond donors (Lipinski definition) is 2. The number of rotatable bonds is 1. The van der Waals surface area contributed by atoms with Crippen LogP contribution in [0.5, 0.6) is 11.5 Å².